The van der Waals surface area contributed by atoms with Crippen LogP contribution in [-0.2, 0) is 9.59 Å². The summed E-state index contributed by atoms with van der Waals surface area (Å²) in [6.45, 7) is 1.84. The van der Waals surface area contributed by atoms with Gasteiger partial charge in [-0.15, -0.1) is 0 Å². The first-order chi connectivity index (χ1) is 15.2. The van der Waals surface area contributed by atoms with Crippen molar-refractivity contribution in [1.29, 1.82) is 0 Å². The number of nitrogens with one attached hydrogen (secondary N) is 4. The molecule has 164 valence electrons. The highest BCUT2D eigenvalue weighted by Gasteiger charge is 2.34. The molecule has 32 heavy (non-hydrogen) atoms. The molecule has 4 rings (SSSR count). The normalized spacial score (nSPS) is 15.0. The Morgan fingerprint density at radius 3 is 2.59 bits per heavy atom. The number of hydrogen-bond donors (Lipinski definition) is 4. The number of carbonyl (C=O) groups is 2. The second-order valence-electron chi connectivity index (χ2n) is 7.18. The third kappa shape index (κ3) is 4.57. The lowest BCUT2D eigenvalue weighted by Crippen LogP contribution is -2.36. The van der Waals surface area contributed by atoms with Crippen molar-refractivity contribution in [2.24, 2.45) is 0 Å². The van der Waals surface area contributed by atoms with Gasteiger partial charge in [0.2, 0.25) is 17.8 Å². The Morgan fingerprint density at radius 2 is 1.88 bits per heavy atom. The van der Waals surface area contributed by atoms with Gasteiger partial charge in [-0.3, -0.25) is 19.4 Å². The number of benzene rings is 2. The number of rotatable bonds is 4. The van der Waals surface area contributed by atoms with Crippen molar-refractivity contribution in [3.63, 3.8) is 0 Å². The van der Waals surface area contributed by atoms with E-state index in [0.717, 1.165) is 5.56 Å². The predicted octanol–water partition coefficient (Wildman–Crippen LogP) is 4.85. The highest BCUT2D eigenvalue weighted by atomic mass is 35.5. The minimum atomic E-state index is -1.02. The number of anilines is 4. The molecule has 4 N–H and O–H groups in total. The summed E-state index contributed by atoms with van der Waals surface area (Å²) in [5.41, 5.74) is 1.26. The largest absolute Gasteiger partial charge is 0.325 e. The van der Waals surface area contributed by atoms with Crippen molar-refractivity contribution >= 4 is 69.8 Å². The van der Waals surface area contributed by atoms with Gasteiger partial charge in [-0.05, 0) is 42.8 Å². The Balaban J connectivity index is 1.64. The molecule has 0 aliphatic carbocycles. The van der Waals surface area contributed by atoms with Gasteiger partial charge in [0.15, 0.2) is 0 Å². The maximum atomic E-state index is 12.9. The number of nitrogens with zero attached hydrogens (tertiary/aromatic N) is 1. The van der Waals surface area contributed by atoms with Crippen molar-refractivity contribution in [2.45, 2.75) is 19.3 Å². The van der Waals surface area contributed by atoms with Crippen molar-refractivity contribution in [3.8, 4) is 0 Å². The van der Waals surface area contributed by atoms with Crippen molar-refractivity contribution < 1.29 is 9.59 Å². The molecule has 2 heterocycles. The SMILES string of the molecule is Cc1ccc(NC(=O)C2CC(=O)Nc3nc(Nc4ccc(Cl)cc4Cl)[nH]c(=O)c32)cc1Cl. The summed E-state index contributed by atoms with van der Waals surface area (Å²) < 4.78 is 0. The molecule has 0 radical (unpaired) electrons. The Kier molecular flexibility index (Phi) is 6.10. The summed E-state index contributed by atoms with van der Waals surface area (Å²) >= 11 is 18.2. The van der Waals surface area contributed by atoms with Gasteiger partial charge >= 0.3 is 0 Å². The van der Waals surface area contributed by atoms with E-state index in [2.05, 4.69) is 25.9 Å². The first-order valence-corrected chi connectivity index (χ1v) is 10.6. The number of H-pyrrole nitrogens is 1. The quantitative estimate of drug-likeness (QED) is 0.416. The zero-order valence-corrected chi connectivity index (χ0v) is 18.8. The average molecular weight is 493 g/mol. The van der Waals surface area contributed by atoms with E-state index < -0.39 is 23.3 Å². The molecule has 11 heteroatoms. The molecule has 0 fully saturated rings. The second kappa shape index (κ2) is 8.82. The highest BCUT2D eigenvalue weighted by Crippen LogP contribution is 2.32. The van der Waals surface area contributed by atoms with Gasteiger partial charge in [-0.2, -0.15) is 4.98 Å². The van der Waals surface area contributed by atoms with E-state index in [1.807, 2.05) is 6.92 Å². The molecule has 0 saturated heterocycles. The number of carbonyl (C=O) groups excluding carboxylic acids is 2. The zero-order valence-electron chi connectivity index (χ0n) is 16.6. The maximum absolute atomic E-state index is 12.9. The Labute approximate surface area is 197 Å². The van der Waals surface area contributed by atoms with Crippen LogP contribution in [0, 0.1) is 6.92 Å². The van der Waals surface area contributed by atoms with Crippen LogP contribution in [-0.4, -0.2) is 21.8 Å². The van der Waals surface area contributed by atoms with Gasteiger partial charge < -0.3 is 16.0 Å². The van der Waals surface area contributed by atoms with Crippen LogP contribution in [0.25, 0.3) is 0 Å². The molecule has 1 atom stereocenters. The fraction of sp³-hybridized carbons (Fsp3) is 0.143. The van der Waals surface area contributed by atoms with Crippen LogP contribution in [0.5, 0.6) is 0 Å². The number of aryl methyl sites for hydroxylation is 1. The van der Waals surface area contributed by atoms with Crippen LogP contribution >= 0.6 is 34.8 Å². The zero-order chi connectivity index (χ0) is 23.0. The number of halogens is 3. The molecule has 1 aromatic heterocycles. The third-order valence-corrected chi connectivity index (χ3v) is 5.85. The van der Waals surface area contributed by atoms with Crippen LogP contribution in [0.3, 0.4) is 0 Å². The predicted molar refractivity (Wildman–Crippen MR) is 125 cm³/mol. The van der Waals surface area contributed by atoms with Gasteiger partial charge in [0.25, 0.3) is 5.56 Å². The van der Waals surface area contributed by atoms with Crippen molar-refractivity contribution in [3.05, 3.63) is 72.9 Å². The second-order valence-corrected chi connectivity index (χ2v) is 8.43. The Morgan fingerprint density at radius 1 is 1.09 bits per heavy atom. The van der Waals surface area contributed by atoms with Gasteiger partial charge in [0, 0.05) is 22.2 Å². The molecule has 3 aromatic rings. The smallest absolute Gasteiger partial charge is 0.258 e. The fourth-order valence-electron chi connectivity index (χ4n) is 3.27. The number of fused-ring (bicyclic) bond motifs is 1. The van der Waals surface area contributed by atoms with Crippen LogP contribution in [0.4, 0.5) is 23.1 Å². The van der Waals surface area contributed by atoms with Gasteiger partial charge in [0.1, 0.15) is 5.82 Å². The fourth-order valence-corrected chi connectivity index (χ4v) is 3.91. The molecule has 1 aliphatic rings. The summed E-state index contributed by atoms with van der Waals surface area (Å²) in [5.74, 6) is -1.93. The summed E-state index contributed by atoms with van der Waals surface area (Å²) in [6.07, 6.45) is -0.195. The Bertz CT molecular complexity index is 1310. The van der Waals surface area contributed by atoms with Crippen LogP contribution < -0.4 is 21.5 Å². The van der Waals surface area contributed by atoms with E-state index in [0.29, 0.717) is 26.4 Å². The summed E-state index contributed by atoms with van der Waals surface area (Å²) in [5, 5.41) is 9.38. The van der Waals surface area contributed by atoms with Crippen LogP contribution in [0.2, 0.25) is 15.1 Å². The molecule has 0 bridgehead atoms. The average Bonchev–Trinajstić information content (AvgIpc) is 2.72. The van der Waals surface area contributed by atoms with E-state index in [4.69, 9.17) is 34.8 Å². The standard InChI is InChI=1S/C21H16Cl3N5O3/c1-9-2-4-11(7-13(9)23)25-19(31)12-8-16(30)27-18-17(12)20(32)29-21(28-18)26-15-5-3-10(22)6-14(15)24/h2-7,12H,8H2,1H3,(H,25,31)(H3,26,27,28,29,30,32). The number of hydrogen-bond acceptors (Lipinski definition) is 5. The summed E-state index contributed by atoms with van der Waals surface area (Å²) in [6, 6.07) is 9.81. The van der Waals surface area contributed by atoms with Gasteiger partial charge in [0.05, 0.1) is 22.2 Å². The van der Waals surface area contributed by atoms with E-state index in [1.165, 1.54) is 6.07 Å². The van der Waals surface area contributed by atoms with E-state index in [1.54, 1.807) is 30.3 Å². The number of amides is 2. The summed E-state index contributed by atoms with van der Waals surface area (Å²) in [7, 11) is 0. The van der Waals surface area contributed by atoms with Gasteiger partial charge in [-0.1, -0.05) is 40.9 Å². The first-order valence-electron chi connectivity index (χ1n) is 9.44. The molecule has 8 nitrogen and oxygen atoms in total. The van der Waals surface area contributed by atoms with Gasteiger partial charge in [-0.25, -0.2) is 0 Å². The molecule has 0 spiro atoms. The minimum Gasteiger partial charge on any atom is -0.325 e. The molecule has 1 aliphatic heterocycles. The maximum Gasteiger partial charge on any atom is 0.258 e. The van der Waals surface area contributed by atoms with Crippen molar-refractivity contribution in [1.82, 2.24) is 9.97 Å². The highest BCUT2D eigenvalue weighted by molar-refractivity contribution is 6.36. The van der Waals surface area contributed by atoms with Crippen molar-refractivity contribution in [2.75, 3.05) is 16.0 Å². The lowest BCUT2D eigenvalue weighted by molar-refractivity contribution is -0.123. The number of aromatic nitrogens is 2. The monoisotopic (exact) mass is 491 g/mol. The lowest BCUT2D eigenvalue weighted by atomic mass is 9.92. The third-order valence-electron chi connectivity index (χ3n) is 4.89. The topological polar surface area (TPSA) is 116 Å². The van der Waals surface area contributed by atoms with Crippen LogP contribution in [0.1, 0.15) is 23.5 Å². The molecular formula is C21H16Cl3N5O3. The summed E-state index contributed by atoms with van der Waals surface area (Å²) in [4.78, 5) is 44.8. The first kappa shape index (κ1) is 22.1. The van der Waals surface area contributed by atoms with E-state index >= 15 is 0 Å². The molecule has 1 unspecified atom stereocenters. The molecule has 2 amide bonds. The van der Waals surface area contributed by atoms with Crippen LogP contribution in [0.15, 0.2) is 41.2 Å². The minimum absolute atomic E-state index is 0.000301. The van der Waals surface area contributed by atoms with E-state index in [9.17, 15) is 14.4 Å². The lowest BCUT2D eigenvalue weighted by Gasteiger charge is -2.23. The Hall–Kier alpha value is -3.07. The molecule has 0 saturated carbocycles. The molecule has 2 aromatic carbocycles. The molecular weight excluding hydrogens is 477 g/mol. The van der Waals surface area contributed by atoms with E-state index in [-0.39, 0.29) is 23.8 Å². The number of aromatic amines is 1.